The first kappa shape index (κ1) is 21.8. The van der Waals surface area contributed by atoms with Crippen molar-refractivity contribution in [2.45, 2.75) is 38.0 Å². The summed E-state index contributed by atoms with van der Waals surface area (Å²) in [7, 11) is 0. The molecule has 2 aromatic carbocycles. The normalized spacial score (nSPS) is 11.9. The highest BCUT2D eigenvalue weighted by Gasteiger charge is 2.23. The van der Waals surface area contributed by atoms with Crippen LogP contribution in [-0.2, 0) is 4.79 Å². The molecule has 7 heteroatoms. The molecule has 0 aliphatic heterocycles. The molecule has 0 unspecified atom stereocenters. The van der Waals surface area contributed by atoms with Crippen LogP contribution in [0.1, 0.15) is 33.3 Å². The van der Waals surface area contributed by atoms with Gasteiger partial charge in [0.05, 0.1) is 5.69 Å². The van der Waals surface area contributed by atoms with E-state index in [2.05, 4.69) is 20.6 Å². The van der Waals surface area contributed by atoms with Crippen LogP contribution in [0.15, 0.2) is 71.8 Å². The van der Waals surface area contributed by atoms with Crippen LogP contribution in [0.4, 0.5) is 5.69 Å². The van der Waals surface area contributed by atoms with Crippen LogP contribution in [0.3, 0.4) is 0 Å². The van der Waals surface area contributed by atoms with Gasteiger partial charge in [0.25, 0.3) is 0 Å². The van der Waals surface area contributed by atoms with Crippen molar-refractivity contribution >= 4 is 23.4 Å². The van der Waals surface area contributed by atoms with E-state index in [1.54, 1.807) is 4.68 Å². The first-order valence-electron chi connectivity index (χ1n) is 10.4. The Balaban J connectivity index is 1.59. The van der Waals surface area contributed by atoms with Crippen molar-refractivity contribution in [3.8, 4) is 5.82 Å². The van der Waals surface area contributed by atoms with Gasteiger partial charge >= 0.3 is 0 Å². The SMILES string of the molecule is Cc1ccc(C)c(NC(=O)[C@H](Sc2ccc(-n3nc(C)cc3C)nn2)c2ccccc2)c1. The molecule has 2 aromatic heterocycles. The van der Waals surface area contributed by atoms with Gasteiger partial charge in [-0.3, -0.25) is 4.79 Å². The molecule has 1 N–H and O–H groups in total. The Morgan fingerprint density at radius 2 is 1.72 bits per heavy atom. The second kappa shape index (κ2) is 9.36. The fourth-order valence-corrected chi connectivity index (χ4v) is 4.38. The lowest BCUT2D eigenvalue weighted by molar-refractivity contribution is -0.115. The number of nitrogens with zero attached hydrogens (tertiary/aromatic N) is 4. The summed E-state index contributed by atoms with van der Waals surface area (Å²) in [5.41, 5.74) is 5.77. The maximum absolute atomic E-state index is 13.3. The van der Waals surface area contributed by atoms with Gasteiger partial charge in [-0.05, 0) is 68.7 Å². The minimum atomic E-state index is -0.468. The van der Waals surface area contributed by atoms with Gasteiger partial charge in [0.15, 0.2) is 5.82 Å². The maximum Gasteiger partial charge on any atom is 0.242 e. The quantitative estimate of drug-likeness (QED) is 0.406. The van der Waals surface area contributed by atoms with Crippen LogP contribution >= 0.6 is 11.8 Å². The van der Waals surface area contributed by atoms with Crippen molar-refractivity contribution < 1.29 is 4.79 Å². The summed E-state index contributed by atoms with van der Waals surface area (Å²) < 4.78 is 1.76. The Hall–Kier alpha value is -3.45. The zero-order valence-corrected chi connectivity index (χ0v) is 19.4. The fourth-order valence-electron chi connectivity index (χ4n) is 3.44. The summed E-state index contributed by atoms with van der Waals surface area (Å²) in [4.78, 5) is 13.3. The predicted octanol–water partition coefficient (Wildman–Crippen LogP) is 5.37. The van der Waals surface area contributed by atoms with Crippen LogP contribution < -0.4 is 5.32 Å². The summed E-state index contributed by atoms with van der Waals surface area (Å²) in [5, 5.41) is 16.4. The van der Waals surface area contributed by atoms with E-state index in [4.69, 9.17) is 0 Å². The summed E-state index contributed by atoms with van der Waals surface area (Å²) >= 11 is 1.38. The number of carbonyl (C=O) groups is 1. The number of carbonyl (C=O) groups excluding carboxylic acids is 1. The van der Waals surface area contributed by atoms with Crippen molar-refractivity contribution in [1.82, 2.24) is 20.0 Å². The molecule has 0 spiro atoms. The molecule has 0 saturated carbocycles. The lowest BCUT2D eigenvalue weighted by Gasteiger charge is -2.18. The van der Waals surface area contributed by atoms with E-state index >= 15 is 0 Å². The van der Waals surface area contributed by atoms with Crippen molar-refractivity contribution in [2.75, 3.05) is 5.32 Å². The van der Waals surface area contributed by atoms with E-state index in [1.165, 1.54) is 11.8 Å². The van der Waals surface area contributed by atoms with E-state index in [0.717, 1.165) is 33.8 Å². The second-order valence-corrected chi connectivity index (χ2v) is 8.91. The van der Waals surface area contributed by atoms with Gasteiger partial charge in [0.2, 0.25) is 5.91 Å². The van der Waals surface area contributed by atoms with E-state index in [9.17, 15) is 4.79 Å². The molecule has 2 heterocycles. The lowest BCUT2D eigenvalue weighted by Crippen LogP contribution is -2.20. The number of amides is 1. The number of hydrogen-bond acceptors (Lipinski definition) is 5. The molecular weight excluding hydrogens is 418 g/mol. The molecule has 1 amide bonds. The predicted molar refractivity (Wildman–Crippen MR) is 128 cm³/mol. The molecular formula is C25H25N5OS. The maximum atomic E-state index is 13.3. The Kier molecular flexibility index (Phi) is 6.37. The van der Waals surface area contributed by atoms with E-state index in [1.807, 2.05) is 94.4 Å². The van der Waals surface area contributed by atoms with Crippen LogP contribution in [0.2, 0.25) is 0 Å². The third kappa shape index (κ3) is 4.89. The average molecular weight is 444 g/mol. The van der Waals surface area contributed by atoms with Gasteiger partial charge in [-0.1, -0.05) is 54.2 Å². The second-order valence-electron chi connectivity index (χ2n) is 7.78. The van der Waals surface area contributed by atoms with Crippen molar-refractivity contribution in [2.24, 2.45) is 0 Å². The first-order valence-corrected chi connectivity index (χ1v) is 11.3. The molecule has 4 aromatic rings. The molecule has 162 valence electrons. The number of nitrogens with one attached hydrogen (secondary N) is 1. The minimum absolute atomic E-state index is 0.0978. The molecule has 1 atom stereocenters. The highest BCUT2D eigenvalue weighted by molar-refractivity contribution is 8.00. The van der Waals surface area contributed by atoms with Gasteiger partial charge in [-0.15, -0.1) is 10.2 Å². The number of benzene rings is 2. The molecule has 0 fully saturated rings. The van der Waals surface area contributed by atoms with Gasteiger partial charge in [0, 0.05) is 11.4 Å². The van der Waals surface area contributed by atoms with Crippen molar-refractivity contribution in [1.29, 1.82) is 0 Å². The zero-order chi connectivity index (χ0) is 22.7. The molecule has 32 heavy (non-hydrogen) atoms. The third-order valence-corrected chi connectivity index (χ3v) is 6.26. The third-order valence-electron chi connectivity index (χ3n) is 5.08. The van der Waals surface area contributed by atoms with Crippen molar-refractivity contribution in [3.63, 3.8) is 0 Å². The molecule has 0 radical (unpaired) electrons. The number of rotatable bonds is 6. The Morgan fingerprint density at radius 1 is 0.938 bits per heavy atom. The first-order chi connectivity index (χ1) is 15.4. The number of hydrogen-bond donors (Lipinski definition) is 1. The molecule has 6 nitrogen and oxygen atoms in total. The summed E-state index contributed by atoms with van der Waals surface area (Å²) in [6, 6.07) is 21.5. The van der Waals surface area contributed by atoms with E-state index < -0.39 is 5.25 Å². The monoisotopic (exact) mass is 443 g/mol. The number of anilines is 1. The van der Waals surface area contributed by atoms with Gasteiger partial charge in [-0.25, -0.2) is 4.68 Å². The summed E-state index contributed by atoms with van der Waals surface area (Å²) in [6.45, 7) is 7.93. The minimum Gasteiger partial charge on any atom is -0.325 e. The smallest absolute Gasteiger partial charge is 0.242 e. The zero-order valence-electron chi connectivity index (χ0n) is 18.5. The number of aromatic nitrogens is 4. The standard InChI is InChI=1S/C25H25N5OS/c1-16-10-11-17(2)21(14-16)26-25(31)24(20-8-6-5-7-9-20)32-23-13-12-22(27-28-23)30-19(4)15-18(3)29-30/h5-15,24H,1-4H3,(H,26,31)/t24-/m1/s1. The lowest BCUT2D eigenvalue weighted by atomic mass is 10.1. The Morgan fingerprint density at radius 3 is 2.38 bits per heavy atom. The van der Waals surface area contributed by atoms with Gasteiger partial charge in [0.1, 0.15) is 10.3 Å². The van der Waals surface area contributed by atoms with E-state index in [0.29, 0.717) is 10.8 Å². The highest BCUT2D eigenvalue weighted by Crippen LogP contribution is 2.35. The molecule has 0 aliphatic rings. The van der Waals surface area contributed by atoms with Gasteiger partial charge in [-0.2, -0.15) is 5.10 Å². The molecule has 0 aliphatic carbocycles. The molecule has 4 rings (SSSR count). The largest absolute Gasteiger partial charge is 0.325 e. The summed E-state index contributed by atoms with van der Waals surface area (Å²) in [5.74, 6) is 0.551. The van der Waals surface area contributed by atoms with Crippen LogP contribution in [0, 0.1) is 27.7 Å². The number of aryl methyl sites for hydroxylation is 4. The summed E-state index contributed by atoms with van der Waals surface area (Å²) in [6.07, 6.45) is 0. The Bertz CT molecular complexity index is 1240. The fraction of sp³-hybridized carbons (Fsp3) is 0.200. The van der Waals surface area contributed by atoms with Crippen LogP contribution in [0.5, 0.6) is 0 Å². The van der Waals surface area contributed by atoms with Crippen molar-refractivity contribution in [3.05, 3.63) is 94.8 Å². The Labute approximate surface area is 192 Å². The van der Waals surface area contributed by atoms with Crippen LogP contribution in [0.25, 0.3) is 5.82 Å². The molecule has 0 bridgehead atoms. The number of thioether (sulfide) groups is 1. The average Bonchev–Trinajstić information content (AvgIpc) is 3.13. The van der Waals surface area contributed by atoms with Gasteiger partial charge < -0.3 is 5.32 Å². The topological polar surface area (TPSA) is 72.7 Å². The van der Waals surface area contributed by atoms with E-state index in [-0.39, 0.29) is 5.91 Å². The highest BCUT2D eigenvalue weighted by atomic mass is 32.2. The van der Waals surface area contributed by atoms with Crippen LogP contribution in [-0.4, -0.2) is 25.9 Å². The molecule has 0 saturated heterocycles.